The predicted molar refractivity (Wildman–Crippen MR) is 74.3 cm³/mol. The first-order chi connectivity index (χ1) is 9.18. The van der Waals surface area contributed by atoms with Crippen LogP contribution in [-0.4, -0.2) is 15.3 Å². The van der Waals surface area contributed by atoms with Crippen LogP contribution in [0.15, 0.2) is 65.6 Å². The minimum atomic E-state index is -1.37. The third kappa shape index (κ3) is 3.51. The Balaban J connectivity index is 2.33. The number of hydrogen-bond acceptors (Lipinski definition) is 2. The van der Waals surface area contributed by atoms with Crippen molar-refractivity contribution >= 4 is 16.8 Å². The van der Waals surface area contributed by atoms with E-state index in [0.717, 1.165) is 5.56 Å². The van der Waals surface area contributed by atoms with E-state index in [1.807, 2.05) is 36.4 Å². The predicted octanol–water partition coefficient (Wildman–Crippen LogP) is 3.01. The number of carbonyl (C=O) groups is 1. The fourth-order valence-corrected chi connectivity index (χ4v) is 3.31. The van der Waals surface area contributed by atoms with Crippen LogP contribution in [0.3, 0.4) is 0 Å². The molecule has 2 atom stereocenters. The summed E-state index contributed by atoms with van der Waals surface area (Å²) in [5.74, 6) is -0.946. The van der Waals surface area contributed by atoms with Gasteiger partial charge in [-0.15, -0.1) is 0 Å². The molecule has 0 aliphatic carbocycles. The molecule has 0 saturated carbocycles. The van der Waals surface area contributed by atoms with Crippen molar-refractivity contribution in [2.24, 2.45) is 0 Å². The Morgan fingerprint density at radius 2 is 1.53 bits per heavy atom. The maximum atomic E-state index is 12.5. The SMILES string of the molecule is O=C(O)CC(c1ccccc1)S(=O)c1ccccc1. The quantitative estimate of drug-likeness (QED) is 0.911. The lowest BCUT2D eigenvalue weighted by Gasteiger charge is -2.15. The van der Waals surface area contributed by atoms with Crippen molar-refractivity contribution in [1.82, 2.24) is 0 Å². The lowest BCUT2D eigenvalue weighted by Crippen LogP contribution is -2.12. The van der Waals surface area contributed by atoms with Crippen molar-refractivity contribution in [3.63, 3.8) is 0 Å². The molecular weight excluding hydrogens is 260 g/mol. The standard InChI is InChI=1S/C15H14O3S/c16-15(17)11-14(12-7-3-1-4-8-12)19(18)13-9-5-2-6-10-13/h1-10,14H,11H2,(H,16,17). The van der Waals surface area contributed by atoms with E-state index in [1.165, 1.54) is 0 Å². The smallest absolute Gasteiger partial charge is 0.304 e. The molecule has 0 aliphatic rings. The average Bonchev–Trinajstić information content (AvgIpc) is 2.46. The zero-order valence-electron chi connectivity index (χ0n) is 10.2. The van der Waals surface area contributed by atoms with Crippen molar-refractivity contribution in [2.75, 3.05) is 0 Å². The topological polar surface area (TPSA) is 54.4 Å². The Kier molecular flexibility index (Phi) is 4.47. The van der Waals surface area contributed by atoms with Gasteiger partial charge in [0.05, 0.1) is 22.5 Å². The van der Waals surface area contributed by atoms with Gasteiger partial charge < -0.3 is 5.11 Å². The fraction of sp³-hybridized carbons (Fsp3) is 0.133. The molecule has 0 amide bonds. The molecule has 0 saturated heterocycles. The zero-order chi connectivity index (χ0) is 13.7. The van der Waals surface area contributed by atoms with Crippen LogP contribution in [0, 0.1) is 0 Å². The third-order valence-corrected chi connectivity index (χ3v) is 4.46. The molecule has 2 rings (SSSR count). The molecule has 98 valence electrons. The van der Waals surface area contributed by atoms with E-state index in [4.69, 9.17) is 5.11 Å². The summed E-state index contributed by atoms with van der Waals surface area (Å²) < 4.78 is 12.5. The Bertz CT molecular complexity index is 566. The van der Waals surface area contributed by atoms with Crippen LogP contribution in [0.5, 0.6) is 0 Å². The molecule has 4 heteroatoms. The number of carboxylic acids is 1. The summed E-state index contributed by atoms with van der Waals surface area (Å²) in [6, 6.07) is 18.1. The Morgan fingerprint density at radius 1 is 1.00 bits per heavy atom. The van der Waals surface area contributed by atoms with Gasteiger partial charge in [-0.2, -0.15) is 0 Å². The number of aliphatic carboxylic acids is 1. The average molecular weight is 274 g/mol. The fourth-order valence-electron chi connectivity index (χ4n) is 1.86. The Morgan fingerprint density at radius 3 is 2.05 bits per heavy atom. The normalized spacial score (nSPS) is 13.7. The van der Waals surface area contributed by atoms with Gasteiger partial charge in [-0.3, -0.25) is 9.00 Å². The summed E-state index contributed by atoms with van der Waals surface area (Å²) in [7, 11) is -1.37. The van der Waals surface area contributed by atoms with Gasteiger partial charge >= 0.3 is 5.97 Å². The van der Waals surface area contributed by atoms with Gasteiger partial charge in [0, 0.05) is 4.90 Å². The number of carboxylic acid groups (broad SMARTS) is 1. The van der Waals surface area contributed by atoms with Gasteiger partial charge in [-0.25, -0.2) is 0 Å². The second-order valence-corrected chi connectivity index (χ2v) is 5.74. The van der Waals surface area contributed by atoms with E-state index >= 15 is 0 Å². The molecular formula is C15H14O3S. The van der Waals surface area contributed by atoms with Gasteiger partial charge in [0.1, 0.15) is 0 Å². The molecule has 0 heterocycles. The summed E-state index contributed by atoms with van der Waals surface area (Å²) in [4.78, 5) is 11.6. The molecule has 1 N–H and O–H groups in total. The Hall–Kier alpha value is -1.94. The van der Waals surface area contributed by atoms with Crippen molar-refractivity contribution < 1.29 is 14.1 Å². The van der Waals surface area contributed by atoms with Crippen LogP contribution in [-0.2, 0) is 15.6 Å². The van der Waals surface area contributed by atoms with Crippen LogP contribution in [0.1, 0.15) is 17.2 Å². The van der Waals surface area contributed by atoms with Crippen molar-refractivity contribution in [2.45, 2.75) is 16.6 Å². The first kappa shape index (κ1) is 13.5. The van der Waals surface area contributed by atoms with Crippen LogP contribution in [0.4, 0.5) is 0 Å². The molecule has 0 aliphatic heterocycles. The molecule has 3 nitrogen and oxygen atoms in total. The largest absolute Gasteiger partial charge is 0.481 e. The van der Waals surface area contributed by atoms with Crippen LogP contribution in [0.25, 0.3) is 0 Å². The maximum absolute atomic E-state index is 12.5. The van der Waals surface area contributed by atoms with Gasteiger partial charge in [0.2, 0.25) is 0 Å². The van der Waals surface area contributed by atoms with E-state index in [9.17, 15) is 9.00 Å². The summed E-state index contributed by atoms with van der Waals surface area (Å²) in [5.41, 5.74) is 0.784. The van der Waals surface area contributed by atoms with Crippen molar-refractivity contribution in [3.05, 3.63) is 66.2 Å². The van der Waals surface area contributed by atoms with E-state index in [2.05, 4.69) is 0 Å². The lowest BCUT2D eigenvalue weighted by molar-refractivity contribution is -0.137. The molecule has 19 heavy (non-hydrogen) atoms. The highest BCUT2D eigenvalue weighted by atomic mass is 32.2. The van der Waals surface area contributed by atoms with E-state index in [0.29, 0.717) is 4.90 Å². The van der Waals surface area contributed by atoms with E-state index < -0.39 is 22.0 Å². The van der Waals surface area contributed by atoms with Crippen molar-refractivity contribution in [3.8, 4) is 0 Å². The molecule has 0 radical (unpaired) electrons. The first-order valence-electron chi connectivity index (χ1n) is 5.91. The molecule has 2 aromatic rings. The minimum Gasteiger partial charge on any atom is -0.481 e. The minimum absolute atomic E-state index is 0.147. The number of benzene rings is 2. The summed E-state index contributed by atoms with van der Waals surface area (Å²) in [6.45, 7) is 0. The first-order valence-corrected chi connectivity index (χ1v) is 7.12. The highest BCUT2D eigenvalue weighted by molar-refractivity contribution is 7.85. The van der Waals surface area contributed by atoms with Gasteiger partial charge in [0.15, 0.2) is 0 Å². The summed E-state index contributed by atoms with van der Waals surface area (Å²) >= 11 is 0. The molecule has 0 bridgehead atoms. The summed E-state index contributed by atoms with van der Waals surface area (Å²) in [5, 5.41) is 8.48. The van der Waals surface area contributed by atoms with Gasteiger partial charge in [-0.05, 0) is 17.7 Å². The third-order valence-electron chi connectivity index (χ3n) is 2.77. The molecule has 0 fully saturated rings. The molecule has 0 spiro atoms. The number of rotatable bonds is 5. The van der Waals surface area contributed by atoms with Crippen LogP contribution >= 0.6 is 0 Å². The summed E-state index contributed by atoms with van der Waals surface area (Å²) in [6.07, 6.45) is -0.147. The number of hydrogen-bond donors (Lipinski definition) is 1. The maximum Gasteiger partial charge on any atom is 0.304 e. The van der Waals surface area contributed by atoms with Crippen LogP contribution < -0.4 is 0 Å². The second kappa shape index (κ2) is 6.29. The van der Waals surface area contributed by atoms with E-state index in [1.54, 1.807) is 24.3 Å². The van der Waals surface area contributed by atoms with Crippen molar-refractivity contribution in [1.29, 1.82) is 0 Å². The molecule has 2 aromatic carbocycles. The zero-order valence-corrected chi connectivity index (χ0v) is 11.0. The van der Waals surface area contributed by atoms with Gasteiger partial charge in [0.25, 0.3) is 0 Å². The monoisotopic (exact) mass is 274 g/mol. The highest BCUT2D eigenvalue weighted by Crippen LogP contribution is 2.28. The second-order valence-electron chi connectivity index (χ2n) is 4.11. The lowest BCUT2D eigenvalue weighted by atomic mass is 10.1. The molecule has 0 aromatic heterocycles. The van der Waals surface area contributed by atoms with Crippen LogP contribution in [0.2, 0.25) is 0 Å². The van der Waals surface area contributed by atoms with Gasteiger partial charge in [-0.1, -0.05) is 48.5 Å². The highest BCUT2D eigenvalue weighted by Gasteiger charge is 2.23. The molecule has 2 unspecified atom stereocenters. The van der Waals surface area contributed by atoms with E-state index in [-0.39, 0.29) is 6.42 Å². The Labute approximate surface area is 114 Å².